The number of carbonyl (C=O) groups excluding carboxylic acids is 1. The van der Waals surface area contributed by atoms with Crippen LogP contribution in [0.3, 0.4) is 0 Å². The number of hydrogen-bond donors (Lipinski definition) is 1. The summed E-state index contributed by atoms with van der Waals surface area (Å²) < 4.78 is 26.1. The van der Waals surface area contributed by atoms with Gasteiger partial charge in [-0.05, 0) is 43.9 Å². The van der Waals surface area contributed by atoms with E-state index >= 15 is 0 Å². The monoisotopic (exact) mass is 267 g/mol. The van der Waals surface area contributed by atoms with E-state index in [1.54, 1.807) is 7.05 Å². The molecule has 0 fully saturated rings. The second-order valence-electron chi connectivity index (χ2n) is 4.79. The maximum absolute atomic E-state index is 13.1. The minimum atomic E-state index is -0.591. The van der Waals surface area contributed by atoms with E-state index in [0.29, 0.717) is 24.8 Å². The molecule has 1 atom stereocenters. The van der Waals surface area contributed by atoms with Crippen molar-refractivity contribution in [1.29, 1.82) is 0 Å². The number of nitrogens with one attached hydrogen (secondary N) is 1. The lowest BCUT2D eigenvalue weighted by atomic mass is 9.93. The van der Waals surface area contributed by atoms with Crippen molar-refractivity contribution in [2.45, 2.75) is 26.2 Å². The molecule has 0 aromatic heterocycles. The lowest BCUT2D eigenvalue weighted by Crippen LogP contribution is -2.28. The molecule has 2 nitrogen and oxygen atoms in total. The molecular formula is C15H19F2NO. The Morgan fingerprint density at radius 3 is 2.37 bits per heavy atom. The van der Waals surface area contributed by atoms with Crippen LogP contribution in [0.2, 0.25) is 0 Å². The second kappa shape index (κ2) is 7.02. The Hall–Kier alpha value is -1.71. The van der Waals surface area contributed by atoms with Crippen molar-refractivity contribution in [3.8, 4) is 0 Å². The van der Waals surface area contributed by atoms with Crippen molar-refractivity contribution >= 4 is 5.91 Å². The molecule has 0 radical (unpaired) electrons. The van der Waals surface area contributed by atoms with E-state index in [4.69, 9.17) is 0 Å². The van der Waals surface area contributed by atoms with Crippen molar-refractivity contribution in [2.24, 2.45) is 5.92 Å². The summed E-state index contributed by atoms with van der Waals surface area (Å²) in [6, 6.07) is 3.43. The highest BCUT2D eigenvalue weighted by Crippen LogP contribution is 2.18. The molecule has 19 heavy (non-hydrogen) atoms. The Labute approximate surface area is 112 Å². The van der Waals surface area contributed by atoms with Gasteiger partial charge < -0.3 is 5.32 Å². The highest BCUT2D eigenvalue weighted by molar-refractivity contribution is 5.78. The van der Waals surface area contributed by atoms with Gasteiger partial charge in [-0.25, -0.2) is 8.78 Å². The molecule has 1 aromatic rings. The van der Waals surface area contributed by atoms with Crippen LogP contribution in [0.15, 0.2) is 30.4 Å². The van der Waals surface area contributed by atoms with Gasteiger partial charge in [-0.15, -0.1) is 6.58 Å². The van der Waals surface area contributed by atoms with E-state index in [9.17, 15) is 13.6 Å². The first kappa shape index (κ1) is 15.3. The first-order valence-electron chi connectivity index (χ1n) is 6.23. The number of benzene rings is 1. The number of allylic oxidation sites excluding steroid dienone is 1. The second-order valence-corrected chi connectivity index (χ2v) is 4.79. The summed E-state index contributed by atoms with van der Waals surface area (Å²) in [6.45, 7) is 5.65. The maximum atomic E-state index is 13.1. The van der Waals surface area contributed by atoms with Crippen LogP contribution in [0.4, 0.5) is 8.78 Å². The molecule has 0 spiro atoms. The van der Waals surface area contributed by atoms with Crippen LogP contribution < -0.4 is 5.32 Å². The zero-order chi connectivity index (χ0) is 14.4. The topological polar surface area (TPSA) is 29.1 Å². The average molecular weight is 267 g/mol. The predicted molar refractivity (Wildman–Crippen MR) is 71.7 cm³/mol. The molecule has 1 amide bonds. The first-order valence-corrected chi connectivity index (χ1v) is 6.23. The Morgan fingerprint density at radius 1 is 1.32 bits per heavy atom. The fraction of sp³-hybridized carbons (Fsp3) is 0.400. The van der Waals surface area contributed by atoms with Gasteiger partial charge in [0, 0.05) is 19.0 Å². The fourth-order valence-corrected chi connectivity index (χ4v) is 2.05. The van der Waals surface area contributed by atoms with Crippen molar-refractivity contribution in [2.75, 3.05) is 7.05 Å². The van der Waals surface area contributed by atoms with Gasteiger partial charge in [0.25, 0.3) is 0 Å². The van der Waals surface area contributed by atoms with Crippen LogP contribution in [0.1, 0.15) is 25.3 Å². The van der Waals surface area contributed by atoms with E-state index in [-0.39, 0.29) is 11.8 Å². The largest absolute Gasteiger partial charge is 0.359 e. The summed E-state index contributed by atoms with van der Waals surface area (Å²) in [7, 11) is 1.58. The third-order valence-electron chi connectivity index (χ3n) is 2.92. The summed E-state index contributed by atoms with van der Waals surface area (Å²) in [6.07, 6.45) is 1.58. The molecule has 1 rings (SSSR count). The molecule has 1 N–H and O–H groups in total. The zero-order valence-electron chi connectivity index (χ0n) is 11.3. The molecule has 0 saturated carbocycles. The molecule has 0 aliphatic carbocycles. The normalized spacial score (nSPS) is 12.0. The highest BCUT2D eigenvalue weighted by Gasteiger charge is 2.17. The lowest BCUT2D eigenvalue weighted by molar-refractivity contribution is -0.124. The molecule has 0 heterocycles. The van der Waals surface area contributed by atoms with Crippen LogP contribution in [-0.2, 0) is 11.2 Å². The van der Waals surface area contributed by atoms with Crippen molar-refractivity contribution < 1.29 is 13.6 Å². The summed E-state index contributed by atoms with van der Waals surface area (Å²) >= 11 is 0. The standard InChI is InChI=1S/C15H19F2NO/c1-10(2)6-12(15(19)18-3)5-4-11-7-13(16)9-14(17)8-11/h7-9,12H,1,4-6H2,2-3H3,(H,18,19). The zero-order valence-corrected chi connectivity index (χ0v) is 11.3. The fourth-order valence-electron chi connectivity index (χ4n) is 2.05. The van der Waals surface area contributed by atoms with Gasteiger partial charge in [0.1, 0.15) is 11.6 Å². The Bertz CT molecular complexity index is 451. The van der Waals surface area contributed by atoms with E-state index in [2.05, 4.69) is 11.9 Å². The van der Waals surface area contributed by atoms with Gasteiger partial charge in [-0.3, -0.25) is 4.79 Å². The lowest BCUT2D eigenvalue weighted by Gasteiger charge is -2.15. The molecule has 4 heteroatoms. The molecule has 1 unspecified atom stereocenters. The molecule has 1 aromatic carbocycles. The van der Waals surface area contributed by atoms with E-state index < -0.39 is 11.6 Å². The minimum absolute atomic E-state index is 0.0696. The van der Waals surface area contributed by atoms with Crippen LogP contribution >= 0.6 is 0 Å². The van der Waals surface area contributed by atoms with Crippen molar-refractivity contribution in [3.05, 3.63) is 47.5 Å². The van der Waals surface area contributed by atoms with Crippen LogP contribution in [0.5, 0.6) is 0 Å². The number of hydrogen-bond acceptors (Lipinski definition) is 1. The van der Waals surface area contributed by atoms with Gasteiger partial charge in [-0.2, -0.15) is 0 Å². The molecule has 104 valence electrons. The third-order valence-corrected chi connectivity index (χ3v) is 2.92. The number of aryl methyl sites for hydroxylation is 1. The number of carbonyl (C=O) groups is 1. The Kier molecular flexibility index (Phi) is 5.67. The smallest absolute Gasteiger partial charge is 0.223 e. The summed E-state index contributed by atoms with van der Waals surface area (Å²) in [4.78, 5) is 11.7. The minimum Gasteiger partial charge on any atom is -0.359 e. The maximum Gasteiger partial charge on any atom is 0.223 e. The van der Waals surface area contributed by atoms with Gasteiger partial charge >= 0.3 is 0 Å². The third kappa shape index (κ3) is 5.20. The Morgan fingerprint density at radius 2 is 1.89 bits per heavy atom. The predicted octanol–water partition coefficient (Wildman–Crippen LogP) is 3.23. The number of rotatable bonds is 6. The molecule has 0 aliphatic heterocycles. The van der Waals surface area contributed by atoms with E-state index in [1.165, 1.54) is 12.1 Å². The van der Waals surface area contributed by atoms with Crippen molar-refractivity contribution in [1.82, 2.24) is 5.32 Å². The molecule has 0 bridgehead atoms. The van der Waals surface area contributed by atoms with E-state index in [1.807, 2.05) is 6.92 Å². The number of amides is 1. The Balaban J connectivity index is 2.69. The van der Waals surface area contributed by atoms with Crippen LogP contribution in [0, 0.1) is 17.6 Å². The van der Waals surface area contributed by atoms with Crippen LogP contribution in [-0.4, -0.2) is 13.0 Å². The molecule has 0 aliphatic rings. The SMILES string of the molecule is C=C(C)CC(CCc1cc(F)cc(F)c1)C(=O)NC. The highest BCUT2D eigenvalue weighted by atomic mass is 19.1. The first-order chi connectivity index (χ1) is 8.92. The summed E-state index contributed by atoms with van der Waals surface area (Å²) in [5, 5.41) is 2.60. The summed E-state index contributed by atoms with van der Waals surface area (Å²) in [5.41, 5.74) is 1.48. The molecular weight excluding hydrogens is 248 g/mol. The molecule has 0 saturated heterocycles. The summed E-state index contributed by atoms with van der Waals surface area (Å²) in [5.74, 6) is -1.47. The van der Waals surface area contributed by atoms with Gasteiger partial charge in [0.2, 0.25) is 5.91 Å². The average Bonchev–Trinajstić information content (AvgIpc) is 2.31. The van der Waals surface area contributed by atoms with Gasteiger partial charge in [0.15, 0.2) is 0 Å². The van der Waals surface area contributed by atoms with Gasteiger partial charge in [0.05, 0.1) is 0 Å². The van der Waals surface area contributed by atoms with Gasteiger partial charge in [-0.1, -0.05) is 5.57 Å². The van der Waals surface area contributed by atoms with E-state index in [0.717, 1.165) is 11.6 Å². The quantitative estimate of drug-likeness (QED) is 0.788. The van der Waals surface area contributed by atoms with Crippen molar-refractivity contribution in [3.63, 3.8) is 0 Å². The number of halogens is 2. The van der Waals surface area contributed by atoms with Crippen LogP contribution in [0.25, 0.3) is 0 Å².